The molecule has 3 fully saturated rings. The zero-order chi connectivity index (χ0) is 18.8. The van der Waals surface area contributed by atoms with Gasteiger partial charge in [-0.15, -0.1) is 0 Å². The van der Waals surface area contributed by atoms with Crippen LogP contribution in [0.15, 0.2) is 18.2 Å². The van der Waals surface area contributed by atoms with E-state index in [1.54, 1.807) is 13.0 Å². The largest absolute Gasteiger partial charge is 0.508 e. The monoisotopic (exact) mass is 370 g/mol. The van der Waals surface area contributed by atoms with Crippen molar-refractivity contribution >= 4 is 5.91 Å². The predicted molar refractivity (Wildman–Crippen MR) is 103 cm³/mol. The maximum atomic E-state index is 12.2. The first kappa shape index (κ1) is 17.5. The molecule has 1 aromatic rings. The molecule has 1 aliphatic heterocycles. The molecule has 1 amide bonds. The third-order valence-electron chi connectivity index (χ3n) is 7.74. The molecule has 4 atom stereocenters. The predicted octanol–water partition coefficient (Wildman–Crippen LogP) is 2.09. The van der Waals surface area contributed by atoms with Crippen LogP contribution in [0.25, 0.3) is 0 Å². The van der Waals surface area contributed by atoms with Gasteiger partial charge in [-0.25, -0.2) is 0 Å². The number of aromatic hydroxyl groups is 1. The number of hydrogen-bond acceptors (Lipinski definition) is 4. The highest BCUT2D eigenvalue weighted by Crippen LogP contribution is 2.58. The van der Waals surface area contributed by atoms with Crippen LogP contribution in [0.2, 0.25) is 0 Å². The molecule has 27 heavy (non-hydrogen) atoms. The number of piperidine rings is 1. The van der Waals surface area contributed by atoms with Gasteiger partial charge < -0.3 is 15.5 Å². The minimum absolute atomic E-state index is 0.0200. The summed E-state index contributed by atoms with van der Waals surface area (Å²) in [5.74, 6) is 1.05. The lowest BCUT2D eigenvalue weighted by atomic mass is 9.49. The van der Waals surface area contributed by atoms with Crippen molar-refractivity contribution in [3.05, 3.63) is 29.3 Å². The first-order valence-electron chi connectivity index (χ1n) is 10.5. The van der Waals surface area contributed by atoms with Crippen molar-refractivity contribution in [1.82, 2.24) is 10.2 Å². The lowest BCUT2D eigenvalue weighted by Crippen LogP contribution is -2.74. The smallest absolute Gasteiger partial charge is 0.217 e. The molecule has 5 heteroatoms. The van der Waals surface area contributed by atoms with E-state index in [9.17, 15) is 15.0 Å². The second-order valence-electron chi connectivity index (χ2n) is 9.40. The second-order valence-corrected chi connectivity index (χ2v) is 9.40. The maximum absolute atomic E-state index is 12.2. The van der Waals surface area contributed by atoms with E-state index in [-0.39, 0.29) is 29.2 Å². The van der Waals surface area contributed by atoms with E-state index < -0.39 is 5.60 Å². The summed E-state index contributed by atoms with van der Waals surface area (Å²) in [4.78, 5) is 14.2. The van der Waals surface area contributed by atoms with Gasteiger partial charge in [0.05, 0.1) is 5.60 Å². The average Bonchev–Trinajstić information content (AvgIpc) is 3.41. The molecule has 5 rings (SSSR count). The third-order valence-corrected chi connectivity index (χ3v) is 7.74. The van der Waals surface area contributed by atoms with Crippen LogP contribution < -0.4 is 5.32 Å². The van der Waals surface area contributed by atoms with Crippen LogP contribution in [0.3, 0.4) is 0 Å². The molecule has 3 aliphatic carbocycles. The molecule has 0 radical (unpaired) electrons. The summed E-state index contributed by atoms with van der Waals surface area (Å²) in [5.41, 5.74) is 1.26. The van der Waals surface area contributed by atoms with Gasteiger partial charge in [-0.2, -0.15) is 0 Å². The van der Waals surface area contributed by atoms with Gasteiger partial charge in [0.1, 0.15) is 5.75 Å². The number of phenolic OH excluding ortho intramolecular Hbond substituents is 1. The topological polar surface area (TPSA) is 72.8 Å². The Labute approximate surface area is 160 Å². The van der Waals surface area contributed by atoms with Gasteiger partial charge in [0, 0.05) is 31.0 Å². The molecule has 1 saturated heterocycles. The highest BCUT2D eigenvalue weighted by molar-refractivity contribution is 5.73. The SMILES string of the molecule is CC(=O)N[C@H]1CC[C@]23CCN(CC4CC4)[C@H](Cc4ccc(O)cc42)[C@]3(O)C1. The van der Waals surface area contributed by atoms with Crippen molar-refractivity contribution in [2.75, 3.05) is 13.1 Å². The molecule has 1 aromatic carbocycles. The van der Waals surface area contributed by atoms with Gasteiger partial charge in [-0.3, -0.25) is 9.69 Å². The summed E-state index contributed by atoms with van der Waals surface area (Å²) in [5, 5.41) is 25.4. The zero-order valence-corrected chi connectivity index (χ0v) is 16.1. The summed E-state index contributed by atoms with van der Waals surface area (Å²) in [6.45, 7) is 3.66. The fourth-order valence-corrected chi connectivity index (χ4v) is 6.36. The van der Waals surface area contributed by atoms with Crippen molar-refractivity contribution in [3.8, 4) is 5.75 Å². The summed E-state index contributed by atoms with van der Waals surface area (Å²) in [6, 6.07) is 5.86. The number of amides is 1. The Morgan fingerprint density at radius 1 is 1.30 bits per heavy atom. The fraction of sp³-hybridized carbons (Fsp3) is 0.682. The molecule has 0 unspecified atom stereocenters. The van der Waals surface area contributed by atoms with Crippen molar-refractivity contribution in [2.24, 2.45) is 5.92 Å². The lowest BCUT2D eigenvalue weighted by molar-refractivity contribution is -0.172. The minimum atomic E-state index is -0.855. The maximum Gasteiger partial charge on any atom is 0.217 e. The first-order valence-corrected chi connectivity index (χ1v) is 10.5. The summed E-state index contributed by atoms with van der Waals surface area (Å²) >= 11 is 0. The van der Waals surface area contributed by atoms with Crippen molar-refractivity contribution in [2.45, 2.75) is 75.0 Å². The summed E-state index contributed by atoms with van der Waals surface area (Å²) < 4.78 is 0. The molecule has 2 saturated carbocycles. The molecule has 5 nitrogen and oxygen atoms in total. The molecular weight excluding hydrogens is 340 g/mol. The second kappa shape index (κ2) is 5.95. The van der Waals surface area contributed by atoms with E-state index in [0.717, 1.165) is 50.3 Å². The Morgan fingerprint density at radius 2 is 2.11 bits per heavy atom. The quantitative estimate of drug-likeness (QED) is 0.762. The van der Waals surface area contributed by atoms with E-state index >= 15 is 0 Å². The number of hydrogen-bond donors (Lipinski definition) is 3. The highest BCUT2D eigenvalue weighted by atomic mass is 16.3. The molecule has 146 valence electrons. The number of aliphatic hydroxyl groups is 1. The Morgan fingerprint density at radius 3 is 2.85 bits per heavy atom. The van der Waals surface area contributed by atoms with Gasteiger partial charge in [-0.1, -0.05) is 6.07 Å². The van der Waals surface area contributed by atoms with E-state index in [1.807, 2.05) is 6.07 Å². The fourth-order valence-electron chi connectivity index (χ4n) is 6.36. The minimum Gasteiger partial charge on any atom is -0.508 e. The van der Waals surface area contributed by atoms with Crippen LogP contribution in [0.4, 0.5) is 0 Å². The molecule has 3 N–H and O–H groups in total. The van der Waals surface area contributed by atoms with Gasteiger partial charge in [0.15, 0.2) is 0 Å². The van der Waals surface area contributed by atoms with E-state index in [2.05, 4.69) is 16.3 Å². The molecule has 4 aliphatic rings. The number of carbonyl (C=O) groups excluding carboxylic acids is 1. The molecule has 2 bridgehead atoms. The van der Waals surface area contributed by atoms with Crippen LogP contribution in [-0.4, -0.2) is 51.8 Å². The van der Waals surface area contributed by atoms with Crippen molar-refractivity contribution in [3.63, 3.8) is 0 Å². The van der Waals surface area contributed by atoms with Crippen LogP contribution in [0.1, 0.15) is 56.6 Å². The Bertz CT molecular complexity index is 777. The van der Waals surface area contributed by atoms with Crippen LogP contribution in [0.5, 0.6) is 5.75 Å². The molecule has 0 aromatic heterocycles. The average molecular weight is 370 g/mol. The molecule has 0 spiro atoms. The Balaban J connectivity index is 1.58. The zero-order valence-electron chi connectivity index (χ0n) is 16.1. The summed E-state index contributed by atoms with van der Waals surface area (Å²) in [7, 11) is 0. The van der Waals surface area contributed by atoms with Gasteiger partial charge >= 0.3 is 0 Å². The Kier molecular flexibility index (Phi) is 3.86. The number of fused-ring (bicyclic) bond motifs is 1. The Hall–Kier alpha value is -1.59. The van der Waals surface area contributed by atoms with Crippen LogP contribution >= 0.6 is 0 Å². The van der Waals surface area contributed by atoms with E-state index in [1.165, 1.54) is 18.4 Å². The van der Waals surface area contributed by atoms with Crippen LogP contribution in [-0.2, 0) is 16.6 Å². The number of carbonyl (C=O) groups is 1. The first-order chi connectivity index (χ1) is 12.9. The van der Waals surface area contributed by atoms with Gasteiger partial charge in [-0.05, 0) is 80.7 Å². The number of benzene rings is 1. The number of likely N-dealkylation sites (tertiary alicyclic amines) is 1. The van der Waals surface area contributed by atoms with E-state index in [4.69, 9.17) is 0 Å². The normalized spacial score (nSPS) is 38.0. The highest BCUT2D eigenvalue weighted by Gasteiger charge is 2.64. The molecular formula is C22H30N2O3. The standard InChI is InChI=1S/C22H30N2O3/c1-14(25)23-17-6-7-21-8-9-24(13-15-2-3-15)20(22(21,27)12-17)10-16-4-5-18(26)11-19(16)21/h4-5,11,15,17,20,26-27H,2-3,6-10,12-13H2,1H3,(H,23,25)/t17-,20+,21-,22+/m0/s1. The van der Waals surface area contributed by atoms with Crippen molar-refractivity contribution in [1.29, 1.82) is 0 Å². The number of phenols is 1. The number of rotatable bonds is 3. The molecule has 1 heterocycles. The van der Waals surface area contributed by atoms with Crippen LogP contribution in [0, 0.1) is 5.92 Å². The third kappa shape index (κ3) is 2.62. The summed E-state index contributed by atoms with van der Waals surface area (Å²) in [6.07, 6.45) is 6.72. The van der Waals surface area contributed by atoms with Gasteiger partial charge in [0.2, 0.25) is 5.91 Å². The van der Waals surface area contributed by atoms with E-state index in [0.29, 0.717) is 6.42 Å². The number of nitrogens with one attached hydrogen (secondary N) is 1. The van der Waals surface area contributed by atoms with Crippen molar-refractivity contribution < 1.29 is 15.0 Å². The lowest BCUT2D eigenvalue weighted by Gasteiger charge is -2.65. The number of nitrogens with zero attached hydrogens (tertiary/aromatic N) is 1. The van der Waals surface area contributed by atoms with Gasteiger partial charge in [0.25, 0.3) is 0 Å².